The number of rotatable bonds is 6. The SMILES string of the molecule is COC(=O)CCNCCC(=O)N1CCOCC1. The van der Waals surface area contributed by atoms with E-state index in [1.807, 2.05) is 4.90 Å². The highest BCUT2D eigenvalue weighted by atomic mass is 16.5. The van der Waals surface area contributed by atoms with Gasteiger partial charge in [0.05, 0.1) is 26.7 Å². The van der Waals surface area contributed by atoms with E-state index in [2.05, 4.69) is 10.1 Å². The van der Waals surface area contributed by atoms with Gasteiger partial charge in [0.15, 0.2) is 0 Å². The summed E-state index contributed by atoms with van der Waals surface area (Å²) in [5.74, 6) is -0.101. The van der Waals surface area contributed by atoms with Gasteiger partial charge in [-0.1, -0.05) is 0 Å². The molecule has 0 saturated carbocycles. The maximum absolute atomic E-state index is 11.7. The van der Waals surface area contributed by atoms with E-state index >= 15 is 0 Å². The minimum Gasteiger partial charge on any atom is -0.469 e. The maximum Gasteiger partial charge on any atom is 0.306 e. The smallest absolute Gasteiger partial charge is 0.306 e. The topological polar surface area (TPSA) is 67.9 Å². The van der Waals surface area contributed by atoms with Crippen molar-refractivity contribution in [1.82, 2.24) is 10.2 Å². The quantitative estimate of drug-likeness (QED) is 0.498. The second-order valence-electron chi connectivity index (χ2n) is 3.82. The molecule has 6 nitrogen and oxygen atoms in total. The molecule has 0 bridgehead atoms. The van der Waals surface area contributed by atoms with E-state index in [0.717, 1.165) is 0 Å². The number of hydrogen-bond acceptors (Lipinski definition) is 5. The molecule has 1 amide bonds. The van der Waals surface area contributed by atoms with Crippen LogP contribution in [0.5, 0.6) is 0 Å². The first-order chi connectivity index (χ1) is 8.24. The molecular formula is C11H20N2O4. The molecule has 1 rings (SSSR count). The van der Waals surface area contributed by atoms with Gasteiger partial charge in [0, 0.05) is 32.6 Å². The number of morpholine rings is 1. The predicted molar refractivity (Wildman–Crippen MR) is 61.5 cm³/mol. The molecule has 0 aromatic rings. The number of carbonyl (C=O) groups excluding carboxylic acids is 2. The molecule has 0 unspecified atom stereocenters. The summed E-state index contributed by atoms with van der Waals surface area (Å²) < 4.78 is 9.68. The van der Waals surface area contributed by atoms with Crippen LogP contribution in [-0.2, 0) is 19.1 Å². The Bertz CT molecular complexity index is 252. The van der Waals surface area contributed by atoms with Crippen LogP contribution < -0.4 is 5.32 Å². The highest BCUT2D eigenvalue weighted by Crippen LogP contribution is 1.99. The number of nitrogens with zero attached hydrogens (tertiary/aromatic N) is 1. The fourth-order valence-corrected chi connectivity index (χ4v) is 1.58. The van der Waals surface area contributed by atoms with Gasteiger partial charge in [0.2, 0.25) is 5.91 Å². The first kappa shape index (κ1) is 13.9. The van der Waals surface area contributed by atoms with Gasteiger partial charge in [0.25, 0.3) is 0 Å². The largest absolute Gasteiger partial charge is 0.469 e. The van der Waals surface area contributed by atoms with E-state index in [-0.39, 0.29) is 11.9 Å². The van der Waals surface area contributed by atoms with Crippen molar-refractivity contribution in [3.63, 3.8) is 0 Å². The number of nitrogens with one attached hydrogen (secondary N) is 1. The Morgan fingerprint density at radius 1 is 1.24 bits per heavy atom. The van der Waals surface area contributed by atoms with Gasteiger partial charge in [-0.2, -0.15) is 0 Å². The number of amides is 1. The number of carbonyl (C=O) groups is 2. The lowest BCUT2D eigenvalue weighted by atomic mass is 10.3. The summed E-state index contributed by atoms with van der Waals surface area (Å²) in [6.45, 7) is 3.75. The van der Waals surface area contributed by atoms with Crippen molar-refractivity contribution in [1.29, 1.82) is 0 Å². The van der Waals surface area contributed by atoms with E-state index < -0.39 is 0 Å². The van der Waals surface area contributed by atoms with Crippen LogP contribution in [0.4, 0.5) is 0 Å². The molecule has 1 N–H and O–H groups in total. The third kappa shape index (κ3) is 5.65. The van der Waals surface area contributed by atoms with Crippen LogP contribution in [0.2, 0.25) is 0 Å². The van der Waals surface area contributed by atoms with Gasteiger partial charge in [0.1, 0.15) is 0 Å². The lowest BCUT2D eigenvalue weighted by molar-refractivity contribution is -0.140. The van der Waals surface area contributed by atoms with Gasteiger partial charge in [-0.15, -0.1) is 0 Å². The van der Waals surface area contributed by atoms with Crippen LogP contribution >= 0.6 is 0 Å². The lowest BCUT2D eigenvalue weighted by Gasteiger charge is -2.26. The maximum atomic E-state index is 11.7. The standard InChI is InChI=1S/C11H20N2O4/c1-16-11(15)3-5-12-4-2-10(14)13-6-8-17-9-7-13/h12H,2-9H2,1H3. The van der Waals surface area contributed by atoms with E-state index in [9.17, 15) is 9.59 Å². The Kier molecular flexibility index (Phi) is 6.57. The van der Waals surface area contributed by atoms with Crippen LogP contribution in [0, 0.1) is 0 Å². The average molecular weight is 244 g/mol. The molecule has 0 aromatic heterocycles. The van der Waals surface area contributed by atoms with Crippen molar-refractivity contribution < 1.29 is 19.1 Å². The predicted octanol–water partition coefficient (Wildman–Crippen LogP) is -0.612. The Morgan fingerprint density at radius 2 is 1.88 bits per heavy atom. The minimum absolute atomic E-state index is 0.138. The highest BCUT2D eigenvalue weighted by Gasteiger charge is 2.15. The molecule has 1 aliphatic heterocycles. The first-order valence-electron chi connectivity index (χ1n) is 5.87. The van der Waals surface area contributed by atoms with Gasteiger partial charge >= 0.3 is 5.97 Å². The molecule has 0 radical (unpaired) electrons. The molecule has 1 heterocycles. The zero-order valence-electron chi connectivity index (χ0n) is 10.2. The van der Waals surface area contributed by atoms with Crippen LogP contribution in [0.3, 0.4) is 0 Å². The van der Waals surface area contributed by atoms with Crippen LogP contribution in [0.25, 0.3) is 0 Å². The summed E-state index contributed by atoms with van der Waals surface area (Å²) in [5.41, 5.74) is 0. The van der Waals surface area contributed by atoms with Crippen LogP contribution in [0.15, 0.2) is 0 Å². The molecule has 0 atom stereocenters. The van der Waals surface area contributed by atoms with E-state index in [4.69, 9.17) is 4.74 Å². The summed E-state index contributed by atoms with van der Waals surface area (Å²) in [4.78, 5) is 24.3. The Labute approximate surface area is 101 Å². The van der Waals surface area contributed by atoms with Crippen molar-refractivity contribution in [3.8, 4) is 0 Å². The molecule has 1 saturated heterocycles. The van der Waals surface area contributed by atoms with Crippen molar-refractivity contribution in [3.05, 3.63) is 0 Å². The van der Waals surface area contributed by atoms with Crippen LogP contribution in [-0.4, -0.2) is 63.3 Å². The van der Waals surface area contributed by atoms with Gasteiger partial charge < -0.3 is 19.7 Å². The molecule has 1 fully saturated rings. The molecule has 17 heavy (non-hydrogen) atoms. The third-order valence-electron chi connectivity index (χ3n) is 2.61. The molecule has 6 heteroatoms. The number of methoxy groups -OCH3 is 1. The Balaban J connectivity index is 2.01. The van der Waals surface area contributed by atoms with Gasteiger partial charge in [-0.25, -0.2) is 0 Å². The van der Waals surface area contributed by atoms with Crippen molar-refractivity contribution in [2.75, 3.05) is 46.5 Å². The Morgan fingerprint density at radius 3 is 2.53 bits per heavy atom. The van der Waals surface area contributed by atoms with Gasteiger partial charge in [-0.05, 0) is 0 Å². The van der Waals surface area contributed by atoms with Crippen molar-refractivity contribution in [2.24, 2.45) is 0 Å². The van der Waals surface area contributed by atoms with Crippen molar-refractivity contribution >= 4 is 11.9 Å². The fraction of sp³-hybridized carbons (Fsp3) is 0.818. The van der Waals surface area contributed by atoms with Crippen molar-refractivity contribution in [2.45, 2.75) is 12.8 Å². The summed E-state index contributed by atoms with van der Waals surface area (Å²) in [7, 11) is 1.37. The summed E-state index contributed by atoms with van der Waals surface area (Å²) in [5, 5.41) is 3.04. The molecule has 0 aliphatic carbocycles. The van der Waals surface area contributed by atoms with E-state index in [0.29, 0.717) is 52.2 Å². The molecule has 1 aliphatic rings. The first-order valence-corrected chi connectivity index (χ1v) is 5.87. The molecular weight excluding hydrogens is 224 g/mol. The fourth-order valence-electron chi connectivity index (χ4n) is 1.58. The highest BCUT2D eigenvalue weighted by molar-refractivity contribution is 5.76. The lowest BCUT2D eigenvalue weighted by Crippen LogP contribution is -2.41. The molecule has 98 valence electrons. The number of esters is 1. The third-order valence-corrected chi connectivity index (χ3v) is 2.61. The summed E-state index contributed by atoms with van der Waals surface area (Å²) in [6.07, 6.45) is 0.795. The minimum atomic E-state index is -0.239. The average Bonchev–Trinajstić information content (AvgIpc) is 2.38. The second kappa shape index (κ2) is 8.03. The second-order valence-corrected chi connectivity index (χ2v) is 3.82. The number of ether oxygens (including phenoxy) is 2. The van der Waals surface area contributed by atoms with E-state index in [1.165, 1.54) is 7.11 Å². The van der Waals surface area contributed by atoms with Gasteiger partial charge in [-0.3, -0.25) is 9.59 Å². The number of hydrogen-bond donors (Lipinski definition) is 1. The normalized spacial score (nSPS) is 15.7. The summed E-state index contributed by atoms with van der Waals surface area (Å²) >= 11 is 0. The summed E-state index contributed by atoms with van der Waals surface area (Å²) in [6, 6.07) is 0. The molecule has 0 aromatic carbocycles. The monoisotopic (exact) mass is 244 g/mol. The van der Waals surface area contributed by atoms with Crippen LogP contribution in [0.1, 0.15) is 12.8 Å². The molecule has 0 spiro atoms. The van der Waals surface area contributed by atoms with E-state index in [1.54, 1.807) is 0 Å². The zero-order valence-corrected chi connectivity index (χ0v) is 10.2. The zero-order chi connectivity index (χ0) is 12.5. The Hall–Kier alpha value is -1.14.